The lowest BCUT2D eigenvalue weighted by molar-refractivity contribution is 0.467. The van der Waals surface area contributed by atoms with Gasteiger partial charge in [-0.1, -0.05) is 6.42 Å². The molecule has 1 aliphatic rings. The normalized spacial score (nSPS) is 35.4. The maximum absolute atomic E-state index is 5.81. The topological polar surface area (TPSA) is 52.0 Å². The molecule has 60 valence electrons. The molecule has 2 nitrogen and oxygen atoms in total. The van der Waals surface area contributed by atoms with Crippen LogP contribution in [-0.4, -0.2) is 12.6 Å². The second kappa shape index (κ2) is 3.94. The highest BCUT2D eigenvalue weighted by Crippen LogP contribution is 2.20. The van der Waals surface area contributed by atoms with Gasteiger partial charge >= 0.3 is 0 Å². The molecule has 0 aliphatic heterocycles. The Bertz CT molecular complexity index is 93.3. The highest BCUT2D eigenvalue weighted by molar-refractivity contribution is 4.72. The molecule has 0 aromatic heterocycles. The molecule has 0 bridgehead atoms. The minimum absolute atomic E-state index is 0.455. The van der Waals surface area contributed by atoms with Crippen molar-refractivity contribution in [3.63, 3.8) is 0 Å². The number of hydrogen-bond donors (Lipinski definition) is 2. The largest absolute Gasteiger partial charge is 0.330 e. The van der Waals surface area contributed by atoms with Crippen LogP contribution in [0.1, 0.15) is 32.1 Å². The molecule has 2 unspecified atom stereocenters. The predicted molar refractivity (Wildman–Crippen MR) is 43.6 cm³/mol. The fourth-order valence-corrected chi connectivity index (χ4v) is 1.64. The van der Waals surface area contributed by atoms with Crippen LogP contribution in [0.25, 0.3) is 0 Å². The van der Waals surface area contributed by atoms with E-state index in [9.17, 15) is 0 Å². The van der Waals surface area contributed by atoms with E-state index in [0.717, 1.165) is 12.5 Å². The monoisotopic (exact) mass is 142 g/mol. The van der Waals surface area contributed by atoms with Crippen molar-refractivity contribution < 1.29 is 0 Å². The lowest BCUT2D eigenvalue weighted by Crippen LogP contribution is -2.19. The molecule has 0 saturated heterocycles. The summed E-state index contributed by atoms with van der Waals surface area (Å²) < 4.78 is 0. The molecule has 0 heterocycles. The van der Waals surface area contributed by atoms with E-state index in [-0.39, 0.29) is 0 Å². The van der Waals surface area contributed by atoms with Gasteiger partial charge in [0.2, 0.25) is 0 Å². The van der Waals surface area contributed by atoms with Crippen LogP contribution in [0.15, 0.2) is 0 Å². The van der Waals surface area contributed by atoms with Crippen molar-refractivity contribution >= 4 is 0 Å². The first-order valence-corrected chi connectivity index (χ1v) is 4.28. The molecule has 0 aromatic carbocycles. The van der Waals surface area contributed by atoms with Gasteiger partial charge in [0.15, 0.2) is 0 Å². The van der Waals surface area contributed by atoms with E-state index in [0.29, 0.717) is 6.04 Å². The fraction of sp³-hybridized carbons (Fsp3) is 1.00. The van der Waals surface area contributed by atoms with Crippen molar-refractivity contribution in [3.8, 4) is 0 Å². The van der Waals surface area contributed by atoms with E-state index < -0.39 is 0 Å². The summed E-state index contributed by atoms with van der Waals surface area (Å²) in [5.41, 5.74) is 11.4. The molecule has 2 heteroatoms. The summed E-state index contributed by atoms with van der Waals surface area (Å²) in [6.45, 7) is 0.854. The Morgan fingerprint density at radius 1 is 1.10 bits per heavy atom. The Morgan fingerprint density at radius 3 is 2.60 bits per heavy atom. The first-order chi connectivity index (χ1) is 4.83. The second-order valence-electron chi connectivity index (χ2n) is 3.37. The van der Waals surface area contributed by atoms with Crippen molar-refractivity contribution in [2.45, 2.75) is 38.1 Å². The smallest absolute Gasteiger partial charge is 0.00389 e. The Labute approximate surface area is 63.0 Å². The van der Waals surface area contributed by atoms with Crippen molar-refractivity contribution in [1.29, 1.82) is 0 Å². The van der Waals surface area contributed by atoms with E-state index in [1.807, 2.05) is 0 Å². The van der Waals surface area contributed by atoms with Gasteiger partial charge in [-0.2, -0.15) is 0 Å². The summed E-state index contributed by atoms with van der Waals surface area (Å²) in [4.78, 5) is 0. The first-order valence-electron chi connectivity index (χ1n) is 4.28. The Balaban J connectivity index is 2.26. The van der Waals surface area contributed by atoms with Gasteiger partial charge in [0.25, 0.3) is 0 Å². The minimum Gasteiger partial charge on any atom is -0.330 e. The zero-order valence-electron chi connectivity index (χ0n) is 6.55. The maximum atomic E-state index is 5.81. The predicted octanol–water partition coefficient (Wildman–Crippen LogP) is 0.853. The average Bonchev–Trinajstić information content (AvgIpc) is 2.14. The van der Waals surface area contributed by atoms with Gasteiger partial charge in [0.1, 0.15) is 0 Å². The van der Waals surface area contributed by atoms with Gasteiger partial charge in [-0.05, 0) is 38.1 Å². The molecule has 0 radical (unpaired) electrons. The van der Waals surface area contributed by atoms with Crippen LogP contribution in [-0.2, 0) is 0 Å². The van der Waals surface area contributed by atoms with Crippen LogP contribution in [0.3, 0.4) is 0 Å². The van der Waals surface area contributed by atoms with Crippen molar-refractivity contribution in [2.75, 3.05) is 6.54 Å². The zero-order valence-corrected chi connectivity index (χ0v) is 6.55. The molecule has 0 spiro atoms. The Hall–Kier alpha value is -0.0800. The number of hydrogen-bond acceptors (Lipinski definition) is 2. The van der Waals surface area contributed by atoms with Crippen molar-refractivity contribution in [1.82, 2.24) is 0 Å². The zero-order chi connectivity index (χ0) is 7.40. The van der Waals surface area contributed by atoms with Gasteiger partial charge < -0.3 is 11.5 Å². The third-order valence-electron chi connectivity index (χ3n) is 2.47. The maximum Gasteiger partial charge on any atom is 0.00389 e. The van der Waals surface area contributed by atoms with Crippen molar-refractivity contribution in [3.05, 3.63) is 0 Å². The SMILES string of the molecule is NCC1CCCC(N)CC1. The van der Waals surface area contributed by atoms with Gasteiger partial charge in [-0.15, -0.1) is 0 Å². The molecule has 1 rings (SSSR count). The van der Waals surface area contributed by atoms with Crippen LogP contribution in [0.5, 0.6) is 0 Å². The molecule has 10 heavy (non-hydrogen) atoms. The third-order valence-corrected chi connectivity index (χ3v) is 2.47. The minimum atomic E-state index is 0.455. The van der Waals surface area contributed by atoms with E-state index in [1.165, 1.54) is 32.1 Å². The number of nitrogens with two attached hydrogens (primary N) is 2. The van der Waals surface area contributed by atoms with Gasteiger partial charge in [0.05, 0.1) is 0 Å². The lowest BCUT2D eigenvalue weighted by atomic mass is 10.0. The summed E-state index contributed by atoms with van der Waals surface area (Å²) in [6.07, 6.45) is 6.21. The van der Waals surface area contributed by atoms with E-state index >= 15 is 0 Å². The fourth-order valence-electron chi connectivity index (χ4n) is 1.64. The average molecular weight is 142 g/mol. The molecule has 0 aromatic rings. The van der Waals surface area contributed by atoms with Gasteiger partial charge in [-0.25, -0.2) is 0 Å². The molecular weight excluding hydrogens is 124 g/mol. The molecule has 2 atom stereocenters. The summed E-state index contributed by atoms with van der Waals surface area (Å²) >= 11 is 0. The Kier molecular flexibility index (Phi) is 3.16. The van der Waals surface area contributed by atoms with Crippen LogP contribution in [0.4, 0.5) is 0 Å². The summed E-state index contributed by atoms with van der Waals surface area (Å²) in [7, 11) is 0. The summed E-state index contributed by atoms with van der Waals surface area (Å²) in [6, 6.07) is 0.455. The van der Waals surface area contributed by atoms with Gasteiger partial charge in [-0.3, -0.25) is 0 Å². The highest BCUT2D eigenvalue weighted by Gasteiger charge is 2.14. The first kappa shape index (κ1) is 8.02. The highest BCUT2D eigenvalue weighted by atomic mass is 14.6. The summed E-state index contributed by atoms with van der Waals surface area (Å²) in [5, 5.41) is 0. The molecule has 1 fully saturated rings. The molecular formula is C8H18N2. The Morgan fingerprint density at radius 2 is 1.90 bits per heavy atom. The third kappa shape index (κ3) is 2.27. The lowest BCUT2D eigenvalue weighted by Gasteiger charge is -2.09. The van der Waals surface area contributed by atoms with Crippen molar-refractivity contribution in [2.24, 2.45) is 17.4 Å². The summed E-state index contributed by atoms with van der Waals surface area (Å²) in [5.74, 6) is 0.758. The standard InChI is InChI=1S/C8H18N2/c9-6-7-2-1-3-8(10)5-4-7/h7-8H,1-6,9-10H2. The quantitative estimate of drug-likeness (QED) is 0.533. The van der Waals surface area contributed by atoms with Crippen LogP contribution in [0.2, 0.25) is 0 Å². The molecule has 1 aliphatic carbocycles. The number of rotatable bonds is 1. The van der Waals surface area contributed by atoms with E-state index in [4.69, 9.17) is 11.5 Å². The van der Waals surface area contributed by atoms with E-state index in [1.54, 1.807) is 0 Å². The van der Waals surface area contributed by atoms with Crippen LogP contribution < -0.4 is 11.5 Å². The molecule has 1 saturated carbocycles. The van der Waals surface area contributed by atoms with E-state index in [2.05, 4.69) is 0 Å². The molecule has 4 N–H and O–H groups in total. The van der Waals surface area contributed by atoms with Crippen LogP contribution >= 0.6 is 0 Å². The van der Waals surface area contributed by atoms with Gasteiger partial charge in [0, 0.05) is 6.04 Å². The second-order valence-corrected chi connectivity index (χ2v) is 3.37. The molecule has 0 amide bonds. The van der Waals surface area contributed by atoms with Crippen LogP contribution in [0, 0.1) is 5.92 Å².